The minimum atomic E-state index is -3.07. The zero-order valence-corrected chi connectivity index (χ0v) is 15.9. The number of rotatable bonds is 4. The quantitative estimate of drug-likeness (QED) is 0.711. The number of fused-ring (bicyclic) bond motifs is 1. The van der Waals surface area contributed by atoms with Gasteiger partial charge in [-0.15, -0.1) is 11.3 Å². The molecule has 1 atom stereocenters. The maximum atomic E-state index is 12.7. The molecule has 0 aliphatic carbocycles. The number of nitrogens with zero attached hydrogens (tertiary/aromatic N) is 2. The Morgan fingerprint density at radius 1 is 1.30 bits per heavy atom. The van der Waals surface area contributed by atoms with Crippen molar-refractivity contribution in [3.63, 3.8) is 0 Å². The number of carbonyl (C=O) groups excluding carboxylic acids is 1. The first-order valence-electron chi connectivity index (χ1n) is 8.45. The molecule has 0 spiro atoms. The van der Waals surface area contributed by atoms with E-state index in [4.69, 9.17) is 0 Å². The van der Waals surface area contributed by atoms with E-state index in [2.05, 4.69) is 10.3 Å². The van der Waals surface area contributed by atoms with Crippen molar-refractivity contribution in [2.24, 2.45) is 0 Å². The number of nitrogens with one attached hydrogen (secondary N) is 1. The van der Waals surface area contributed by atoms with Crippen LogP contribution in [0.5, 0.6) is 0 Å². The van der Waals surface area contributed by atoms with Crippen molar-refractivity contribution in [2.45, 2.75) is 19.0 Å². The molecule has 3 heterocycles. The summed E-state index contributed by atoms with van der Waals surface area (Å²) in [4.78, 5) is 30.8. The van der Waals surface area contributed by atoms with Gasteiger partial charge in [-0.2, -0.15) is 0 Å². The third-order valence-corrected chi connectivity index (χ3v) is 7.35. The average Bonchev–Trinajstić information content (AvgIpc) is 3.22. The van der Waals surface area contributed by atoms with Crippen LogP contribution in [0.1, 0.15) is 6.42 Å². The summed E-state index contributed by atoms with van der Waals surface area (Å²) in [5, 5.41) is 3.16. The molecule has 0 bridgehead atoms. The summed E-state index contributed by atoms with van der Waals surface area (Å²) < 4.78 is 24.2. The lowest BCUT2D eigenvalue weighted by atomic mass is 10.2. The summed E-state index contributed by atoms with van der Waals surface area (Å²) in [5.74, 6) is -0.350. The van der Waals surface area contributed by atoms with Gasteiger partial charge >= 0.3 is 0 Å². The molecule has 1 amide bonds. The van der Waals surface area contributed by atoms with Crippen LogP contribution in [0.15, 0.2) is 47.5 Å². The number of thiophene rings is 1. The molecule has 4 rings (SSSR count). The van der Waals surface area contributed by atoms with E-state index in [1.807, 2.05) is 30.3 Å². The van der Waals surface area contributed by atoms with E-state index in [0.29, 0.717) is 16.6 Å². The van der Waals surface area contributed by atoms with E-state index in [1.54, 1.807) is 6.07 Å². The predicted molar refractivity (Wildman–Crippen MR) is 105 cm³/mol. The lowest BCUT2D eigenvalue weighted by Crippen LogP contribution is -2.39. The van der Waals surface area contributed by atoms with E-state index < -0.39 is 9.84 Å². The summed E-state index contributed by atoms with van der Waals surface area (Å²) in [6.45, 7) is -0.186. The summed E-state index contributed by atoms with van der Waals surface area (Å²) in [6, 6.07) is 11.1. The van der Waals surface area contributed by atoms with Crippen LogP contribution in [-0.2, 0) is 21.2 Å². The van der Waals surface area contributed by atoms with Gasteiger partial charge in [-0.1, -0.05) is 30.3 Å². The molecule has 0 unspecified atom stereocenters. The van der Waals surface area contributed by atoms with E-state index in [0.717, 1.165) is 10.4 Å². The van der Waals surface area contributed by atoms with Gasteiger partial charge in [-0.25, -0.2) is 13.4 Å². The van der Waals surface area contributed by atoms with Crippen molar-refractivity contribution in [3.8, 4) is 10.4 Å². The van der Waals surface area contributed by atoms with Gasteiger partial charge < -0.3 is 5.32 Å². The van der Waals surface area contributed by atoms with Gasteiger partial charge in [0.1, 0.15) is 11.4 Å². The Labute approximate surface area is 159 Å². The highest BCUT2D eigenvalue weighted by molar-refractivity contribution is 7.91. The van der Waals surface area contributed by atoms with Crippen LogP contribution in [0, 0.1) is 0 Å². The molecule has 1 saturated heterocycles. The highest BCUT2D eigenvalue weighted by atomic mass is 32.2. The van der Waals surface area contributed by atoms with Gasteiger partial charge in [-0.05, 0) is 18.1 Å². The van der Waals surface area contributed by atoms with Crippen LogP contribution in [0.4, 0.5) is 0 Å². The first kappa shape index (κ1) is 17.9. The maximum Gasteiger partial charge on any atom is 0.262 e. The van der Waals surface area contributed by atoms with Gasteiger partial charge in [0.2, 0.25) is 5.91 Å². The Kier molecular flexibility index (Phi) is 4.56. The number of amides is 1. The van der Waals surface area contributed by atoms with Crippen molar-refractivity contribution < 1.29 is 13.2 Å². The van der Waals surface area contributed by atoms with Crippen molar-refractivity contribution in [1.29, 1.82) is 0 Å². The van der Waals surface area contributed by atoms with Crippen molar-refractivity contribution in [1.82, 2.24) is 14.9 Å². The molecule has 140 valence electrons. The number of hydrogen-bond donors (Lipinski definition) is 1. The second-order valence-corrected chi connectivity index (χ2v) is 9.80. The van der Waals surface area contributed by atoms with E-state index >= 15 is 0 Å². The lowest BCUT2D eigenvalue weighted by Gasteiger charge is -2.11. The van der Waals surface area contributed by atoms with Gasteiger partial charge in [0.05, 0.1) is 23.2 Å². The van der Waals surface area contributed by atoms with Crippen molar-refractivity contribution >= 4 is 37.3 Å². The first-order valence-corrected chi connectivity index (χ1v) is 11.1. The lowest BCUT2D eigenvalue weighted by molar-refractivity contribution is -0.122. The molecule has 1 N–H and O–H groups in total. The van der Waals surface area contributed by atoms with Crippen LogP contribution in [0.2, 0.25) is 0 Å². The number of sulfone groups is 1. The maximum absolute atomic E-state index is 12.7. The molecule has 0 saturated carbocycles. The number of aromatic nitrogens is 2. The Morgan fingerprint density at radius 3 is 2.78 bits per heavy atom. The van der Waals surface area contributed by atoms with Crippen LogP contribution in [0.25, 0.3) is 20.7 Å². The van der Waals surface area contributed by atoms with Gasteiger partial charge in [0.25, 0.3) is 5.56 Å². The zero-order valence-electron chi connectivity index (χ0n) is 14.3. The molecule has 1 aliphatic heterocycles. The highest BCUT2D eigenvalue weighted by Gasteiger charge is 2.29. The van der Waals surface area contributed by atoms with Gasteiger partial charge in [-0.3, -0.25) is 14.2 Å². The summed E-state index contributed by atoms with van der Waals surface area (Å²) >= 11 is 1.43. The topological polar surface area (TPSA) is 98.1 Å². The SMILES string of the molecule is O=C(Cn1cnc2sc(-c3ccccc3)cc2c1=O)N[C@H]1CCS(=O)(=O)C1. The summed E-state index contributed by atoms with van der Waals surface area (Å²) in [6.07, 6.45) is 1.77. The fourth-order valence-electron chi connectivity index (χ4n) is 3.15. The standard InChI is InChI=1S/C18H17N3O4S2/c22-16(20-13-6-7-27(24,25)10-13)9-21-11-19-17-14(18(21)23)8-15(26-17)12-4-2-1-3-5-12/h1-5,8,11,13H,6-7,9-10H2,(H,20,22)/t13-/m0/s1. The van der Waals surface area contributed by atoms with Gasteiger partial charge in [0, 0.05) is 10.9 Å². The molecule has 9 heteroatoms. The number of benzene rings is 1. The molecule has 1 aliphatic rings. The third-order valence-electron chi connectivity index (χ3n) is 4.49. The van der Waals surface area contributed by atoms with E-state index in [1.165, 1.54) is 22.2 Å². The largest absolute Gasteiger partial charge is 0.351 e. The number of carbonyl (C=O) groups is 1. The average molecular weight is 403 g/mol. The molecule has 1 fully saturated rings. The smallest absolute Gasteiger partial charge is 0.262 e. The Bertz CT molecular complexity index is 1170. The zero-order chi connectivity index (χ0) is 19.0. The second kappa shape index (κ2) is 6.90. The van der Waals surface area contributed by atoms with Crippen molar-refractivity contribution in [2.75, 3.05) is 11.5 Å². The predicted octanol–water partition coefficient (Wildman–Crippen LogP) is 1.43. The number of hydrogen-bond acceptors (Lipinski definition) is 6. The minimum Gasteiger partial charge on any atom is -0.351 e. The van der Waals surface area contributed by atoms with Crippen LogP contribution < -0.4 is 10.9 Å². The molecule has 7 nitrogen and oxygen atoms in total. The van der Waals surface area contributed by atoms with Gasteiger partial charge in [0.15, 0.2) is 9.84 Å². The van der Waals surface area contributed by atoms with Crippen molar-refractivity contribution in [3.05, 3.63) is 53.1 Å². The second-order valence-electron chi connectivity index (χ2n) is 6.54. The fraction of sp³-hybridized carbons (Fsp3) is 0.278. The Morgan fingerprint density at radius 2 is 2.07 bits per heavy atom. The van der Waals surface area contributed by atoms with E-state index in [9.17, 15) is 18.0 Å². The fourth-order valence-corrected chi connectivity index (χ4v) is 5.82. The Hall–Kier alpha value is -2.52. The van der Waals surface area contributed by atoms with E-state index in [-0.39, 0.29) is 35.6 Å². The molecule has 2 aromatic heterocycles. The normalized spacial score (nSPS) is 18.6. The molecule has 3 aromatic rings. The monoisotopic (exact) mass is 403 g/mol. The molecule has 27 heavy (non-hydrogen) atoms. The molecular weight excluding hydrogens is 386 g/mol. The van der Waals surface area contributed by atoms with Crippen LogP contribution >= 0.6 is 11.3 Å². The highest BCUT2D eigenvalue weighted by Crippen LogP contribution is 2.30. The third kappa shape index (κ3) is 3.79. The van der Waals surface area contributed by atoms with Crippen LogP contribution in [-0.4, -0.2) is 41.4 Å². The molecule has 0 radical (unpaired) electrons. The minimum absolute atomic E-state index is 0.0457. The summed E-state index contributed by atoms with van der Waals surface area (Å²) in [7, 11) is -3.07. The Balaban J connectivity index is 1.55. The molecule has 1 aromatic carbocycles. The first-order chi connectivity index (χ1) is 12.9. The van der Waals surface area contributed by atoms with Crippen LogP contribution in [0.3, 0.4) is 0 Å². The molecular formula is C18H17N3O4S2. The summed E-state index contributed by atoms with van der Waals surface area (Å²) in [5.41, 5.74) is 0.722.